The smallest absolute Gasteiger partial charge is 0.233 e. The molecule has 4 aliphatic carbocycles. The molecule has 0 N–H and O–H groups in total. The zero-order chi connectivity index (χ0) is 19.5. The van der Waals surface area contributed by atoms with Crippen molar-refractivity contribution in [3.63, 3.8) is 0 Å². The maximum absolute atomic E-state index is 14.0. The molecule has 28 heavy (non-hydrogen) atoms. The SMILES string of the molecule is COc1ccc(N(C(=O)C23CC4CC(CC(C4)C2)C3)[C@@H]2C=CS(=O)(=O)C2)cc1. The van der Waals surface area contributed by atoms with E-state index in [2.05, 4.69) is 0 Å². The van der Waals surface area contributed by atoms with E-state index in [4.69, 9.17) is 4.74 Å². The highest BCUT2D eigenvalue weighted by Crippen LogP contribution is 2.60. The summed E-state index contributed by atoms with van der Waals surface area (Å²) in [6.45, 7) is 0. The van der Waals surface area contributed by atoms with E-state index in [1.807, 2.05) is 24.3 Å². The second-order valence-corrected chi connectivity index (χ2v) is 11.2. The molecule has 4 bridgehead atoms. The number of nitrogens with zero attached hydrogens (tertiary/aromatic N) is 1. The standard InChI is InChI=1S/C22H27NO4S/c1-27-20-4-2-18(3-5-20)23(19-6-7-28(25,26)14-19)21(24)22-11-15-8-16(12-22)10-17(9-15)13-22/h2-7,15-17,19H,8-14H2,1H3/t15?,16?,17?,19-,22?/m1/s1. The van der Waals surface area contributed by atoms with E-state index in [1.54, 1.807) is 18.1 Å². The van der Waals surface area contributed by atoms with Crippen molar-refractivity contribution in [1.29, 1.82) is 0 Å². The minimum atomic E-state index is -3.25. The summed E-state index contributed by atoms with van der Waals surface area (Å²) in [4.78, 5) is 15.8. The van der Waals surface area contributed by atoms with Crippen LogP contribution in [0.25, 0.3) is 0 Å². The summed E-state index contributed by atoms with van der Waals surface area (Å²) >= 11 is 0. The summed E-state index contributed by atoms with van der Waals surface area (Å²) in [5.74, 6) is 2.81. The van der Waals surface area contributed by atoms with E-state index < -0.39 is 15.9 Å². The van der Waals surface area contributed by atoms with Gasteiger partial charge in [-0.15, -0.1) is 0 Å². The van der Waals surface area contributed by atoms with E-state index in [-0.39, 0.29) is 17.1 Å². The highest BCUT2D eigenvalue weighted by Gasteiger charge is 2.56. The summed E-state index contributed by atoms with van der Waals surface area (Å²) < 4.78 is 29.5. The van der Waals surface area contributed by atoms with Gasteiger partial charge in [-0.1, -0.05) is 0 Å². The molecule has 1 aliphatic heterocycles. The van der Waals surface area contributed by atoms with Crippen LogP contribution >= 0.6 is 0 Å². The lowest BCUT2D eigenvalue weighted by atomic mass is 9.49. The topological polar surface area (TPSA) is 63.7 Å². The van der Waals surface area contributed by atoms with Gasteiger partial charge in [-0.2, -0.15) is 0 Å². The molecule has 1 heterocycles. The Labute approximate surface area is 166 Å². The summed E-state index contributed by atoms with van der Waals surface area (Å²) in [6.07, 6.45) is 8.39. The molecule has 6 heteroatoms. The van der Waals surface area contributed by atoms with E-state index in [0.29, 0.717) is 17.8 Å². The van der Waals surface area contributed by atoms with Crippen LogP contribution in [0.5, 0.6) is 5.75 Å². The first kappa shape index (κ1) is 18.2. The first-order valence-corrected chi connectivity index (χ1v) is 12.0. The van der Waals surface area contributed by atoms with Gasteiger partial charge >= 0.3 is 0 Å². The number of carbonyl (C=O) groups excluding carboxylic acids is 1. The lowest BCUT2D eigenvalue weighted by molar-refractivity contribution is -0.143. The van der Waals surface area contributed by atoms with Crippen LogP contribution in [0.2, 0.25) is 0 Å². The molecule has 4 saturated carbocycles. The number of amides is 1. The first-order chi connectivity index (χ1) is 13.4. The molecule has 5 aliphatic rings. The zero-order valence-corrected chi connectivity index (χ0v) is 17.0. The number of benzene rings is 1. The average molecular weight is 402 g/mol. The van der Waals surface area contributed by atoms with Crippen LogP contribution in [0.3, 0.4) is 0 Å². The number of sulfone groups is 1. The maximum Gasteiger partial charge on any atom is 0.233 e. The summed E-state index contributed by atoms with van der Waals surface area (Å²) in [5.41, 5.74) is 0.447. The maximum atomic E-state index is 14.0. The summed E-state index contributed by atoms with van der Waals surface area (Å²) in [5, 5.41) is 1.27. The molecule has 5 nitrogen and oxygen atoms in total. The quantitative estimate of drug-likeness (QED) is 0.774. The van der Waals surface area contributed by atoms with Crippen LogP contribution in [-0.4, -0.2) is 33.2 Å². The Balaban J connectivity index is 1.52. The number of rotatable bonds is 4. The predicted octanol–water partition coefficient (Wildman–Crippen LogP) is 3.56. The lowest BCUT2D eigenvalue weighted by Crippen LogP contribution is -2.57. The number of carbonyl (C=O) groups is 1. The van der Waals surface area contributed by atoms with Crippen LogP contribution in [0, 0.1) is 23.2 Å². The van der Waals surface area contributed by atoms with Gasteiger partial charge in [0, 0.05) is 11.1 Å². The van der Waals surface area contributed by atoms with Crippen LogP contribution in [0.1, 0.15) is 38.5 Å². The minimum Gasteiger partial charge on any atom is -0.497 e. The lowest BCUT2D eigenvalue weighted by Gasteiger charge is -2.57. The number of methoxy groups -OCH3 is 1. The summed E-state index contributed by atoms with van der Waals surface area (Å²) in [7, 11) is -1.64. The third-order valence-electron chi connectivity index (χ3n) is 7.30. The molecule has 150 valence electrons. The Hall–Kier alpha value is -1.82. The van der Waals surface area contributed by atoms with Gasteiger partial charge in [0.2, 0.25) is 5.91 Å². The van der Waals surface area contributed by atoms with Crippen molar-refractivity contribution in [1.82, 2.24) is 0 Å². The molecule has 4 fully saturated rings. The molecular weight excluding hydrogens is 374 g/mol. The van der Waals surface area contributed by atoms with Gasteiger partial charge in [-0.05, 0) is 86.6 Å². The van der Waals surface area contributed by atoms with Gasteiger partial charge in [-0.3, -0.25) is 4.79 Å². The second-order valence-electron chi connectivity index (χ2n) is 9.30. The van der Waals surface area contributed by atoms with E-state index in [1.165, 1.54) is 24.7 Å². The van der Waals surface area contributed by atoms with Crippen LogP contribution in [0.15, 0.2) is 35.7 Å². The van der Waals surface area contributed by atoms with Crippen molar-refractivity contribution in [2.45, 2.75) is 44.6 Å². The Morgan fingerprint density at radius 2 is 1.61 bits per heavy atom. The van der Waals surface area contributed by atoms with Gasteiger partial charge in [0.15, 0.2) is 9.84 Å². The second kappa shape index (κ2) is 6.34. The fourth-order valence-corrected chi connectivity index (χ4v) is 7.82. The Bertz CT molecular complexity index is 883. The van der Waals surface area contributed by atoms with Crippen LogP contribution in [-0.2, 0) is 14.6 Å². The number of anilines is 1. The Morgan fingerprint density at radius 1 is 1.04 bits per heavy atom. The van der Waals surface area contributed by atoms with Crippen LogP contribution < -0.4 is 9.64 Å². The molecule has 6 rings (SSSR count). The van der Waals surface area contributed by atoms with Gasteiger partial charge in [0.1, 0.15) is 5.75 Å². The molecule has 0 unspecified atom stereocenters. The van der Waals surface area contributed by atoms with Crippen molar-refractivity contribution in [2.75, 3.05) is 17.8 Å². The molecule has 0 aromatic heterocycles. The first-order valence-electron chi connectivity index (χ1n) is 10.3. The monoisotopic (exact) mass is 401 g/mol. The normalized spacial score (nSPS) is 37.2. The van der Waals surface area contributed by atoms with Crippen molar-refractivity contribution in [3.8, 4) is 5.75 Å². The van der Waals surface area contributed by atoms with Crippen molar-refractivity contribution in [2.24, 2.45) is 23.2 Å². The van der Waals surface area contributed by atoms with Crippen LogP contribution in [0.4, 0.5) is 5.69 Å². The highest BCUT2D eigenvalue weighted by atomic mass is 32.2. The predicted molar refractivity (Wildman–Crippen MR) is 108 cm³/mol. The van der Waals surface area contributed by atoms with E-state index >= 15 is 0 Å². The van der Waals surface area contributed by atoms with E-state index in [9.17, 15) is 13.2 Å². The zero-order valence-electron chi connectivity index (χ0n) is 16.2. The summed E-state index contributed by atoms with van der Waals surface area (Å²) in [6, 6.07) is 6.98. The Kier molecular flexibility index (Phi) is 4.13. The van der Waals surface area contributed by atoms with Gasteiger partial charge in [0.25, 0.3) is 0 Å². The molecule has 0 spiro atoms. The molecule has 1 aromatic carbocycles. The molecule has 1 aromatic rings. The molecule has 0 radical (unpaired) electrons. The molecule has 0 saturated heterocycles. The van der Waals surface area contributed by atoms with Crippen molar-refractivity contribution < 1.29 is 17.9 Å². The highest BCUT2D eigenvalue weighted by molar-refractivity contribution is 7.94. The average Bonchev–Trinajstić information content (AvgIpc) is 3.01. The fraction of sp³-hybridized carbons (Fsp3) is 0.591. The van der Waals surface area contributed by atoms with E-state index in [0.717, 1.165) is 30.7 Å². The Morgan fingerprint density at radius 3 is 2.07 bits per heavy atom. The minimum absolute atomic E-state index is 0.0306. The number of ether oxygens (including phenoxy) is 1. The third kappa shape index (κ3) is 2.97. The fourth-order valence-electron chi connectivity index (χ4n) is 6.55. The molecule has 1 amide bonds. The third-order valence-corrected chi connectivity index (χ3v) is 8.68. The number of hydrogen-bond acceptors (Lipinski definition) is 4. The molecular formula is C22H27NO4S. The molecule has 1 atom stereocenters. The van der Waals surface area contributed by atoms with Gasteiger partial charge < -0.3 is 9.64 Å². The van der Waals surface area contributed by atoms with Crippen molar-refractivity contribution in [3.05, 3.63) is 35.7 Å². The van der Waals surface area contributed by atoms with Crippen molar-refractivity contribution >= 4 is 21.4 Å². The van der Waals surface area contributed by atoms with Gasteiger partial charge in [0.05, 0.1) is 24.3 Å². The van der Waals surface area contributed by atoms with Gasteiger partial charge in [-0.25, -0.2) is 8.42 Å². The number of hydrogen-bond donors (Lipinski definition) is 0. The largest absolute Gasteiger partial charge is 0.497 e.